The summed E-state index contributed by atoms with van der Waals surface area (Å²) >= 11 is 3.29. The fraction of sp³-hybridized carbons (Fsp3) is 0.0769. The molecule has 0 bridgehead atoms. The first kappa shape index (κ1) is 13.9. The molecular formula is C13H7BrF3N3O. The molecule has 4 nitrogen and oxygen atoms in total. The van der Waals surface area contributed by atoms with Crippen LogP contribution in [0.2, 0.25) is 0 Å². The van der Waals surface area contributed by atoms with Crippen LogP contribution in [0.15, 0.2) is 47.2 Å². The number of fused-ring (bicyclic) bond motifs is 1. The van der Waals surface area contributed by atoms with Gasteiger partial charge in [0.05, 0.1) is 0 Å². The van der Waals surface area contributed by atoms with Crippen LogP contribution in [0.3, 0.4) is 0 Å². The Hall–Kier alpha value is -2.09. The molecule has 2 heterocycles. The molecule has 1 aromatic carbocycles. The Bertz CT molecular complexity index is 801. The van der Waals surface area contributed by atoms with E-state index in [1.807, 2.05) is 0 Å². The number of alkyl halides is 3. The molecule has 0 aliphatic heterocycles. The molecule has 21 heavy (non-hydrogen) atoms. The highest BCUT2D eigenvalue weighted by atomic mass is 79.9. The van der Waals surface area contributed by atoms with E-state index in [-0.39, 0.29) is 11.4 Å². The van der Waals surface area contributed by atoms with Crippen molar-refractivity contribution in [2.24, 2.45) is 0 Å². The summed E-state index contributed by atoms with van der Waals surface area (Å²) in [4.78, 5) is 3.96. The first-order chi connectivity index (χ1) is 9.93. The van der Waals surface area contributed by atoms with Crippen molar-refractivity contribution in [3.8, 4) is 11.6 Å². The van der Waals surface area contributed by atoms with E-state index in [0.29, 0.717) is 5.75 Å². The lowest BCUT2D eigenvalue weighted by atomic mass is 10.3. The molecule has 0 saturated carbocycles. The second-order valence-corrected chi connectivity index (χ2v) is 5.06. The van der Waals surface area contributed by atoms with Gasteiger partial charge in [-0.25, -0.2) is 9.50 Å². The molecule has 0 spiro atoms. The van der Waals surface area contributed by atoms with Gasteiger partial charge in [-0.1, -0.05) is 22.0 Å². The van der Waals surface area contributed by atoms with E-state index in [0.717, 1.165) is 15.1 Å². The predicted octanol–water partition coefficient (Wildman–Crippen LogP) is 4.30. The summed E-state index contributed by atoms with van der Waals surface area (Å²) in [5.74, 6) is 0.512. The molecule has 2 aromatic heterocycles. The minimum atomic E-state index is -4.51. The fourth-order valence-electron chi connectivity index (χ4n) is 1.76. The molecule has 0 amide bonds. The average Bonchev–Trinajstić information content (AvgIpc) is 2.84. The summed E-state index contributed by atoms with van der Waals surface area (Å²) < 4.78 is 45.5. The van der Waals surface area contributed by atoms with Crippen LogP contribution in [0.4, 0.5) is 13.2 Å². The number of nitrogens with zero attached hydrogens (tertiary/aromatic N) is 3. The molecule has 0 fully saturated rings. The Balaban J connectivity index is 2.04. The summed E-state index contributed by atoms with van der Waals surface area (Å²) in [7, 11) is 0. The minimum Gasteiger partial charge on any atom is -0.437 e. The van der Waals surface area contributed by atoms with E-state index >= 15 is 0 Å². The molecule has 0 unspecified atom stereocenters. The Labute approximate surface area is 125 Å². The van der Waals surface area contributed by atoms with Gasteiger partial charge in [0.2, 0.25) is 5.88 Å². The number of aromatic nitrogens is 3. The van der Waals surface area contributed by atoms with E-state index in [4.69, 9.17) is 4.74 Å². The summed E-state index contributed by atoms with van der Waals surface area (Å²) in [5, 5.41) is 3.47. The Kier molecular flexibility index (Phi) is 3.32. The molecule has 8 heteroatoms. The van der Waals surface area contributed by atoms with Gasteiger partial charge in [0.25, 0.3) is 0 Å². The van der Waals surface area contributed by atoms with Crippen molar-refractivity contribution in [3.05, 3.63) is 52.9 Å². The van der Waals surface area contributed by atoms with Gasteiger partial charge in [-0.05, 0) is 18.2 Å². The van der Waals surface area contributed by atoms with Gasteiger partial charge in [0.15, 0.2) is 5.69 Å². The van der Waals surface area contributed by atoms with Crippen molar-refractivity contribution in [3.63, 3.8) is 0 Å². The van der Waals surface area contributed by atoms with Gasteiger partial charge in [0, 0.05) is 22.9 Å². The van der Waals surface area contributed by atoms with Gasteiger partial charge in [-0.15, -0.1) is 0 Å². The lowest BCUT2D eigenvalue weighted by Gasteiger charge is -2.05. The zero-order valence-electron chi connectivity index (χ0n) is 10.3. The Morgan fingerprint density at radius 3 is 2.71 bits per heavy atom. The zero-order valence-corrected chi connectivity index (χ0v) is 11.9. The molecule has 0 aliphatic rings. The lowest BCUT2D eigenvalue weighted by Crippen LogP contribution is -2.05. The third kappa shape index (κ3) is 2.85. The molecular weight excluding hydrogens is 351 g/mol. The van der Waals surface area contributed by atoms with Gasteiger partial charge >= 0.3 is 6.18 Å². The maximum atomic E-state index is 12.7. The highest BCUT2D eigenvalue weighted by molar-refractivity contribution is 9.10. The van der Waals surface area contributed by atoms with Crippen molar-refractivity contribution in [1.29, 1.82) is 0 Å². The highest BCUT2D eigenvalue weighted by Crippen LogP contribution is 2.32. The molecule has 0 aliphatic carbocycles. The Morgan fingerprint density at radius 1 is 1.19 bits per heavy atom. The predicted molar refractivity (Wildman–Crippen MR) is 72.2 cm³/mol. The van der Waals surface area contributed by atoms with Crippen LogP contribution >= 0.6 is 15.9 Å². The zero-order chi connectivity index (χ0) is 15.0. The minimum absolute atomic E-state index is 0.0543. The average molecular weight is 358 g/mol. The van der Waals surface area contributed by atoms with Crippen LogP contribution in [0, 0.1) is 0 Å². The first-order valence-corrected chi connectivity index (χ1v) is 6.58. The number of ether oxygens (including phenoxy) is 1. The number of halogens is 4. The fourth-order valence-corrected chi connectivity index (χ4v) is 2.14. The molecule has 0 atom stereocenters. The summed E-state index contributed by atoms with van der Waals surface area (Å²) in [6.07, 6.45) is -1.86. The summed E-state index contributed by atoms with van der Waals surface area (Å²) in [6.45, 7) is 0. The second-order valence-electron chi connectivity index (χ2n) is 4.15. The molecule has 3 rings (SSSR count). The van der Waals surface area contributed by atoms with E-state index in [1.54, 1.807) is 24.3 Å². The standard InChI is InChI=1S/C13H7BrF3N3O/c14-8-2-1-3-9(6-8)21-12-10-7-11(13(15,16)17)19-20(10)5-4-18-12/h1-7H. The monoisotopic (exact) mass is 357 g/mol. The van der Waals surface area contributed by atoms with E-state index < -0.39 is 11.9 Å². The second kappa shape index (κ2) is 5.03. The largest absolute Gasteiger partial charge is 0.437 e. The topological polar surface area (TPSA) is 39.4 Å². The first-order valence-electron chi connectivity index (χ1n) is 5.78. The van der Waals surface area contributed by atoms with Crippen LogP contribution in [0.5, 0.6) is 11.6 Å². The van der Waals surface area contributed by atoms with Crippen molar-refractivity contribution in [2.75, 3.05) is 0 Å². The molecule has 0 N–H and O–H groups in total. The van der Waals surface area contributed by atoms with Gasteiger partial charge in [-0.3, -0.25) is 0 Å². The number of benzene rings is 1. The normalized spacial score (nSPS) is 11.8. The van der Waals surface area contributed by atoms with Gasteiger partial charge < -0.3 is 4.74 Å². The van der Waals surface area contributed by atoms with Crippen molar-refractivity contribution in [2.45, 2.75) is 6.18 Å². The van der Waals surface area contributed by atoms with Crippen molar-refractivity contribution >= 4 is 21.4 Å². The molecule has 0 saturated heterocycles. The Morgan fingerprint density at radius 2 is 2.00 bits per heavy atom. The van der Waals surface area contributed by atoms with Crippen molar-refractivity contribution < 1.29 is 17.9 Å². The summed E-state index contributed by atoms with van der Waals surface area (Å²) in [5.41, 5.74) is -0.848. The van der Waals surface area contributed by atoms with E-state index in [2.05, 4.69) is 26.0 Å². The van der Waals surface area contributed by atoms with Crippen LogP contribution in [-0.4, -0.2) is 14.6 Å². The molecule has 0 radical (unpaired) electrons. The number of hydrogen-bond acceptors (Lipinski definition) is 3. The van der Waals surface area contributed by atoms with Crippen molar-refractivity contribution in [1.82, 2.24) is 14.6 Å². The number of rotatable bonds is 2. The smallest absolute Gasteiger partial charge is 0.435 e. The van der Waals surface area contributed by atoms with Crippen LogP contribution in [0.1, 0.15) is 5.69 Å². The van der Waals surface area contributed by atoms with E-state index in [1.165, 1.54) is 12.4 Å². The quantitative estimate of drug-likeness (QED) is 0.686. The van der Waals surface area contributed by atoms with Gasteiger partial charge in [-0.2, -0.15) is 18.3 Å². The molecule has 108 valence electrons. The maximum absolute atomic E-state index is 12.7. The van der Waals surface area contributed by atoms with Crippen LogP contribution in [-0.2, 0) is 6.18 Å². The van der Waals surface area contributed by atoms with Crippen LogP contribution in [0.25, 0.3) is 5.52 Å². The highest BCUT2D eigenvalue weighted by Gasteiger charge is 2.34. The lowest BCUT2D eigenvalue weighted by molar-refractivity contribution is -0.141. The summed E-state index contributed by atoms with van der Waals surface area (Å²) in [6, 6.07) is 7.82. The molecule has 3 aromatic rings. The SMILES string of the molecule is FC(F)(F)c1cc2c(Oc3cccc(Br)c3)nccn2n1. The maximum Gasteiger partial charge on any atom is 0.435 e. The van der Waals surface area contributed by atoms with Gasteiger partial charge in [0.1, 0.15) is 11.3 Å². The third-order valence-corrected chi connectivity index (χ3v) is 3.15. The van der Waals surface area contributed by atoms with Crippen LogP contribution < -0.4 is 4.74 Å². The van der Waals surface area contributed by atoms with E-state index in [9.17, 15) is 13.2 Å². The number of hydrogen-bond donors (Lipinski definition) is 0. The third-order valence-electron chi connectivity index (χ3n) is 2.66.